The zero-order chi connectivity index (χ0) is 16.8. The van der Waals surface area contributed by atoms with Crippen molar-refractivity contribution in [3.8, 4) is 0 Å². The van der Waals surface area contributed by atoms with Crippen molar-refractivity contribution in [2.24, 2.45) is 0 Å². The van der Waals surface area contributed by atoms with Crippen molar-refractivity contribution in [3.05, 3.63) is 30.1 Å². The molecule has 3 rings (SSSR count). The molecular weight excluding hydrogens is 308 g/mol. The maximum atomic E-state index is 12.5. The molecule has 2 fully saturated rings. The first kappa shape index (κ1) is 16.9. The largest absolute Gasteiger partial charge is 0.376 e. The Morgan fingerprint density at radius 2 is 2.42 bits per heavy atom. The predicted octanol–water partition coefficient (Wildman–Crippen LogP) is 0.0673. The minimum absolute atomic E-state index is 0.00622. The predicted molar refractivity (Wildman–Crippen MR) is 88.0 cm³/mol. The molecule has 2 N–H and O–H groups in total. The maximum Gasteiger partial charge on any atom is 0.240 e. The van der Waals surface area contributed by atoms with E-state index >= 15 is 0 Å². The summed E-state index contributed by atoms with van der Waals surface area (Å²) in [6, 6.07) is 3.28. The quantitative estimate of drug-likeness (QED) is 0.770. The van der Waals surface area contributed by atoms with Gasteiger partial charge in [0.2, 0.25) is 11.8 Å². The van der Waals surface area contributed by atoms with Crippen LogP contribution in [-0.2, 0) is 20.9 Å². The zero-order valence-electron chi connectivity index (χ0n) is 13.7. The lowest BCUT2D eigenvalue weighted by molar-refractivity contribution is -0.139. The fraction of sp³-hybridized carbons (Fsp3) is 0.588. The van der Waals surface area contributed by atoms with Crippen molar-refractivity contribution in [2.45, 2.75) is 38.0 Å². The SMILES string of the molecule is O=C(CC1NCCN(CC2CCCO2)C1=O)NCc1cccnc1. The second kappa shape index (κ2) is 8.21. The van der Waals surface area contributed by atoms with Crippen molar-refractivity contribution in [3.63, 3.8) is 0 Å². The molecule has 7 heteroatoms. The molecule has 0 radical (unpaired) electrons. The molecule has 24 heavy (non-hydrogen) atoms. The Hall–Kier alpha value is -1.99. The van der Waals surface area contributed by atoms with Crippen LogP contribution in [0.3, 0.4) is 0 Å². The standard InChI is InChI=1S/C17H24N4O3/c22-16(20-11-13-3-1-5-18-10-13)9-15-17(23)21(7-6-19-15)12-14-4-2-8-24-14/h1,3,5,10,14-15,19H,2,4,6-9,11-12H2,(H,20,22). The minimum atomic E-state index is -0.450. The molecule has 130 valence electrons. The molecule has 7 nitrogen and oxygen atoms in total. The highest BCUT2D eigenvalue weighted by atomic mass is 16.5. The van der Waals surface area contributed by atoms with Crippen molar-refractivity contribution in [1.82, 2.24) is 20.5 Å². The molecule has 0 spiro atoms. The number of piperazine rings is 1. The van der Waals surface area contributed by atoms with Gasteiger partial charge in [0.05, 0.1) is 18.6 Å². The Morgan fingerprint density at radius 3 is 3.17 bits per heavy atom. The highest BCUT2D eigenvalue weighted by Crippen LogP contribution is 2.15. The van der Waals surface area contributed by atoms with Gasteiger partial charge in [-0.3, -0.25) is 14.6 Å². The molecule has 0 aromatic carbocycles. The van der Waals surface area contributed by atoms with Crippen LogP contribution in [0.5, 0.6) is 0 Å². The lowest BCUT2D eigenvalue weighted by Gasteiger charge is -2.34. The highest BCUT2D eigenvalue weighted by molar-refractivity contribution is 5.88. The summed E-state index contributed by atoms with van der Waals surface area (Å²) in [5.74, 6) is -0.142. The summed E-state index contributed by atoms with van der Waals surface area (Å²) >= 11 is 0. The molecule has 0 saturated carbocycles. The Labute approximate surface area is 141 Å². The number of carbonyl (C=O) groups excluding carboxylic acids is 2. The number of rotatable bonds is 6. The van der Waals surface area contributed by atoms with Gasteiger partial charge in [0.15, 0.2) is 0 Å². The van der Waals surface area contributed by atoms with Crippen LogP contribution in [0.15, 0.2) is 24.5 Å². The third-order valence-corrected chi connectivity index (χ3v) is 4.43. The van der Waals surface area contributed by atoms with E-state index in [-0.39, 0.29) is 24.3 Å². The minimum Gasteiger partial charge on any atom is -0.376 e. The van der Waals surface area contributed by atoms with Crippen molar-refractivity contribution in [1.29, 1.82) is 0 Å². The Kier molecular flexibility index (Phi) is 5.77. The Morgan fingerprint density at radius 1 is 1.50 bits per heavy atom. The van der Waals surface area contributed by atoms with Crippen molar-refractivity contribution >= 4 is 11.8 Å². The lowest BCUT2D eigenvalue weighted by atomic mass is 10.1. The number of nitrogens with one attached hydrogen (secondary N) is 2. The summed E-state index contributed by atoms with van der Waals surface area (Å²) in [5.41, 5.74) is 0.939. The van der Waals surface area contributed by atoms with E-state index in [2.05, 4.69) is 15.6 Å². The van der Waals surface area contributed by atoms with Crippen LogP contribution < -0.4 is 10.6 Å². The van der Waals surface area contributed by atoms with Gasteiger partial charge in [-0.1, -0.05) is 6.07 Å². The number of nitrogens with zero attached hydrogens (tertiary/aromatic N) is 2. The number of pyridine rings is 1. The number of ether oxygens (including phenoxy) is 1. The summed E-state index contributed by atoms with van der Waals surface area (Å²) in [7, 11) is 0. The van der Waals surface area contributed by atoms with Crippen LogP contribution in [0.2, 0.25) is 0 Å². The van der Waals surface area contributed by atoms with E-state index in [1.54, 1.807) is 12.4 Å². The number of amides is 2. The fourth-order valence-corrected chi connectivity index (χ4v) is 3.13. The van der Waals surface area contributed by atoms with Crippen LogP contribution in [0.4, 0.5) is 0 Å². The van der Waals surface area contributed by atoms with Gasteiger partial charge in [-0.25, -0.2) is 0 Å². The van der Waals surface area contributed by atoms with E-state index < -0.39 is 6.04 Å². The first-order chi connectivity index (χ1) is 11.7. The van der Waals surface area contributed by atoms with Gasteiger partial charge in [0.1, 0.15) is 0 Å². The summed E-state index contributed by atoms with van der Waals surface area (Å²) in [5, 5.41) is 5.99. The topological polar surface area (TPSA) is 83.6 Å². The number of carbonyl (C=O) groups is 2. The molecule has 1 aromatic heterocycles. The Balaban J connectivity index is 1.46. The molecular formula is C17H24N4O3. The zero-order valence-corrected chi connectivity index (χ0v) is 13.7. The molecule has 2 aliphatic rings. The maximum absolute atomic E-state index is 12.5. The van der Waals surface area contributed by atoms with Gasteiger partial charge in [0.25, 0.3) is 0 Å². The molecule has 0 bridgehead atoms. The van der Waals surface area contributed by atoms with Crippen LogP contribution in [-0.4, -0.2) is 60.1 Å². The third-order valence-electron chi connectivity index (χ3n) is 4.43. The summed E-state index contributed by atoms with van der Waals surface area (Å²) < 4.78 is 5.61. The van der Waals surface area contributed by atoms with Crippen LogP contribution in [0.25, 0.3) is 0 Å². The first-order valence-electron chi connectivity index (χ1n) is 8.52. The monoisotopic (exact) mass is 332 g/mol. The lowest BCUT2D eigenvalue weighted by Crippen LogP contribution is -2.57. The van der Waals surface area contributed by atoms with Gasteiger partial charge in [-0.15, -0.1) is 0 Å². The van der Waals surface area contributed by atoms with Gasteiger partial charge in [0, 0.05) is 45.2 Å². The highest BCUT2D eigenvalue weighted by Gasteiger charge is 2.32. The Bertz CT molecular complexity index is 560. The van der Waals surface area contributed by atoms with Gasteiger partial charge in [-0.2, -0.15) is 0 Å². The molecule has 0 aliphatic carbocycles. The van der Waals surface area contributed by atoms with Gasteiger partial charge < -0.3 is 20.3 Å². The summed E-state index contributed by atoms with van der Waals surface area (Å²) in [4.78, 5) is 30.5. The molecule has 3 heterocycles. The van der Waals surface area contributed by atoms with Crippen LogP contribution >= 0.6 is 0 Å². The van der Waals surface area contributed by atoms with Crippen LogP contribution in [0.1, 0.15) is 24.8 Å². The van der Waals surface area contributed by atoms with Crippen LogP contribution in [0, 0.1) is 0 Å². The molecule has 2 saturated heterocycles. The molecule has 2 amide bonds. The second-order valence-electron chi connectivity index (χ2n) is 6.27. The average Bonchev–Trinajstić information content (AvgIpc) is 3.11. The smallest absolute Gasteiger partial charge is 0.240 e. The van der Waals surface area contributed by atoms with Gasteiger partial charge in [-0.05, 0) is 24.5 Å². The first-order valence-corrected chi connectivity index (χ1v) is 8.52. The second-order valence-corrected chi connectivity index (χ2v) is 6.27. The van der Waals surface area contributed by atoms with E-state index in [9.17, 15) is 9.59 Å². The number of hydrogen-bond acceptors (Lipinski definition) is 5. The van der Waals surface area contributed by atoms with E-state index in [0.29, 0.717) is 26.2 Å². The third kappa shape index (κ3) is 4.52. The normalized spacial score (nSPS) is 24.2. The molecule has 1 aromatic rings. The van der Waals surface area contributed by atoms with Crippen molar-refractivity contribution < 1.29 is 14.3 Å². The van der Waals surface area contributed by atoms with E-state index in [1.165, 1.54) is 0 Å². The van der Waals surface area contributed by atoms with E-state index in [1.807, 2.05) is 17.0 Å². The van der Waals surface area contributed by atoms with Gasteiger partial charge >= 0.3 is 0 Å². The number of aromatic nitrogens is 1. The molecule has 2 atom stereocenters. The molecule has 2 aliphatic heterocycles. The number of hydrogen-bond donors (Lipinski definition) is 2. The van der Waals surface area contributed by atoms with Crippen molar-refractivity contribution in [2.75, 3.05) is 26.2 Å². The summed E-state index contributed by atoms with van der Waals surface area (Å²) in [6.07, 6.45) is 5.78. The van der Waals surface area contributed by atoms with E-state index in [0.717, 1.165) is 25.0 Å². The molecule has 2 unspecified atom stereocenters. The average molecular weight is 332 g/mol. The summed E-state index contributed by atoms with van der Waals surface area (Å²) in [6.45, 7) is 3.22. The van der Waals surface area contributed by atoms with E-state index in [4.69, 9.17) is 4.74 Å². The fourth-order valence-electron chi connectivity index (χ4n) is 3.13.